The highest BCUT2D eigenvalue weighted by Gasteiger charge is 2.08. The summed E-state index contributed by atoms with van der Waals surface area (Å²) in [6.45, 7) is 4.85. The predicted octanol–water partition coefficient (Wildman–Crippen LogP) is 6.43. The first-order valence-electron chi connectivity index (χ1n) is 11.8. The molecule has 0 unspecified atom stereocenters. The van der Waals surface area contributed by atoms with Crippen molar-refractivity contribution in [2.75, 3.05) is 13.7 Å². The number of hydrogen-bond donors (Lipinski definition) is 1. The van der Waals surface area contributed by atoms with Gasteiger partial charge in [-0.15, -0.1) is 0 Å². The Bertz CT molecular complexity index is 1330. The molecule has 0 bridgehead atoms. The fourth-order valence-electron chi connectivity index (χ4n) is 3.46. The van der Waals surface area contributed by atoms with Crippen LogP contribution < -0.4 is 14.9 Å². The summed E-state index contributed by atoms with van der Waals surface area (Å²) in [6, 6.07) is 25.8. The Morgan fingerprint density at radius 3 is 2.60 bits per heavy atom. The van der Waals surface area contributed by atoms with Gasteiger partial charge in [-0.25, -0.2) is 9.98 Å². The second kappa shape index (κ2) is 11.8. The number of nitrogens with one attached hydrogen (secondary N) is 1. The van der Waals surface area contributed by atoms with Crippen LogP contribution >= 0.6 is 0 Å². The van der Waals surface area contributed by atoms with Gasteiger partial charge in [-0.1, -0.05) is 55.3 Å². The second-order valence-corrected chi connectivity index (χ2v) is 8.17. The number of unbranched alkanes of at least 4 members (excludes halogenated alkanes) is 1. The van der Waals surface area contributed by atoms with Crippen LogP contribution in [0.4, 0.5) is 5.69 Å². The van der Waals surface area contributed by atoms with Crippen molar-refractivity contribution in [2.24, 2.45) is 10.1 Å². The minimum absolute atomic E-state index is 0.558. The Morgan fingerprint density at radius 1 is 0.971 bits per heavy atom. The molecular formula is C29H30N4O2. The van der Waals surface area contributed by atoms with E-state index >= 15 is 0 Å². The molecule has 4 aromatic rings. The number of para-hydroxylation sites is 1. The van der Waals surface area contributed by atoms with Crippen molar-refractivity contribution < 1.29 is 9.47 Å². The number of methoxy groups -OCH3 is 1. The van der Waals surface area contributed by atoms with E-state index in [1.807, 2.05) is 78.9 Å². The number of hydrazone groups is 1. The fraction of sp³-hybridized carbons (Fsp3) is 0.207. The van der Waals surface area contributed by atoms with Gasteiger partial charge in [0.1, 0.15) is 5.69 Å². The number of aromatic nitrogens is 1. The van der Waals surface area contributed by atoms with Crippen LogP contribution in [-0.4, -0.2) is 30.8 Å². The topological polar surface area (TPSA) is 68.1 Å². The lowest BCUT2D eigenvalue weighted by molar-refractivity contribution is 0.288. The third-order valence-electron chi connectivity index (χ3n) is 5.44. The summed E-state index contributed by atoms with van der Waals surface area (Å²) in [5.74, 6) is 1.96. The summed E-state index contributed by atoms with van der Waals surface area (Å²) in [5, 5.41) is 5.52. The van der Waals surface area contributed by atoms with Crippen molar-refractivity contribution in [1.82, 2.24) is 10.4 Å². The van der Waals surface area contributed by atoms with Gasteiger partial charge in [0.2, 0.25) is 0 Å². The van der Waals surface area contributed by atoms with E-state index < -0.39 is 0 Å². The normalized spacial score (nSPS) is 11.7. The molecule has 1 N–H and O–H groups in total. The molecule has 1 heterocycles. The maximum Gasteiger partial charge on any atom is 0.173 e. The number of pyridine rings is 1. The highest BCUT2D eigenvalue weighted by molar-refractivity contribution is 6.00. The molecule has 0 amide bonds. The summed E-state index contributed by atoms with van der Waals surface area (Å²) in [6.07, 6.45) is 3.81. The summed E-state index contributed by atoms with van der Waals surface area (Å²) in [4.78, 5) is 9.57. The number of rotatable bonds is 9. The Kier molecular flexibility index (Phi) is 8.07. The van der Waals surface area contributed by atoms with E-state index in [-0.39, 0.29) is 0 Å². The lowest BCUT2D eigenvalue weighted by Crippen LogP contribution is -2.20. The molecule has 1 aromatic heterocycles. The average Bonchev–Trinajstić information content (AvgIpc) is 2.89. The molecule has 0 aliphatic heterocycles. The molecule has 6 heteroatoms. The van der Waals surface area contributed by atoms with E-state index in [1.165, 1.54) is 5.56 Å². The smallest absolute Gasteiger partial charge is 0.173 e. The summed E-state index contributed by atoms with van der Waals surface area (Å²) in [5.41, 5.74) is 7.57. The minimum atomic E-state index is 0.558. The van der Waals surface area contributed by atoms with Gasteiger partial charge in [0.15, 0.2) is 17.3 Å². The maximum absolute atomic E-state index is 5.82. The lowest BCUT2D eigenvalue weighted by atomic mass is 10.2. The van der Waals surface area contributed by atoms with E-state index in [0.29, 0.717) is 23.9 Å². The number of ether oxygens (including phenoxy) is 2. The van der Waals surface area contributed by atoms with Crippen LogP contribution in [0.2, 0.25) is 0 Å². The van der Waals surface area contributed by atoms with Crippen LogP contribution in [0.1, 0.15) is 36.6 Å². The molecule has 0 atom stereocenters. The van der Waals surface area contributed by atoms with Crippen LogP contribution in [-0.2, 0) is 0 Å². The molecule has 0 spiro atoms. The number of amidine groups is 1. The maximum atomic E-state index is 5.82. The van der Waals surface area contributed by atoms with Crippen LogP contribution in [0.5, 0.6) is 11.5 Å². The van der Waals surface area contributed by atoms with E-state index in [1.54, 1.807) is 13.3 Å². The van der Waals surface area contributed by atoms with Crippen molar-refractivity contribution in [2.45, 2.75) is 26.7 Å². The highest BCUT2D eigenvalue weighted by atomic mass is 16.5. The van der Waals surface area contributed by atoms with E-state index in [0.717, 1.165) is 40.7 Å². The predicted molar refractivity (Wildman–Crippen MR) is 143 cm³/mol. The van der Waals surface area contributed by atoms with Crippen molar-refractivity contribution in [1.29, 1.82) is 0 Å². The third kappa shape index (κ3) is 6.44. The number of aryl methyl sites for hydroxylation is 1. The van der Waals surface area contributed by atoms with Gasteiger partial charge in [0.25, 0.3) is 0 Å². The van der Waals surface area contributed by atoms with Crippen molar-refractivity contribution in [3.8, 4) is 11.5 Å². The zero-order valence-corrected chi connectivity index (χ0v) is 20.4. The Morgan fingerprint density at radius 2 is 1.80 bits per heavy atom. The molecule has 4 rings (SSSR count). The van der Waals surface area contributed by atoms with Crippen LogP contribution in [0.25, 0.3) is 10.9 Å². The standard InChI is InChI=1S/C29H30N4O2/c1-4-5-18-35-27-17-12-22(19-28(27)34-3)20-30-33-29(31-24-14-10-21(2)11-15-24)26-16-13-23-8-6-7-9-25(23)32-26/h6-17,19-20H,4-5,18H2,1-3H3,(H,31,33). The Labute approximate surface area is 206 Å². The zero-order valence-electron chi connectivity index (χ0n) is 20.4. The first-order valence-corrected chi connectivity index (χ1v) is 11.8. The van der Waals surface area contributed by atoms with E-state index in [4.69, 9.17) is 19.5 Å². The molecule has 178 valence electrons. The largest absolute Gasteiger partial charge is 0.493 e. The van der Waals surface area contributed by atoms with E-state index in [2.05, 4.69) is 24.4 Å². The molecule has 0 aliphatic rings. The van der Waals surface area contributed by atoms with Gasteiger partial charge in [-0.2, -0.15) is 5.10 Å². The molecule has 3 aromatic carbocycles. The number of benzene rings is 3. The average molecular weight is 467 g/mol. The quantitative estimate of drug-likeness (QED) is 0.134. The van der Waals surface area contributed by atoms with Gasteiger partial charge in [0, 0.05) is 5.39 Å². The van der Waals surface area contributed by atoms with Gasteiger partial charge in [-0.3, -0.25) is 5.43 Å². The van der Waals surface area contributed by atoms with Crippen LogP contribution in [0, 0.1) is 6.92 Å². The van der Waals surface area contributed by atoms with Gasteiger partial charge >= 0.3 is 0 Å². The number of aliphatic imine (C=N–C) groups is 1. The molecule has 35 heavy (non-hydrogen) atoms. The first-order chi connectivity index (χ1) is 17.2. The highest BCUT2D eigenvalue weighted by Crippen LogP contribution is 2.27. The lowest BCUT2D eigenvalue weighted by Gasteiger charge is -2.11. The number of nitrogens with zero attached hydrogens (tertiary/aromatic N) is 3. The van der Waals surface area contributed by atoms with Crippen LogP contribution in [0.3, 0.4) is 0 Å². The number of fused-ring (bicyclic) bond motifs is 1. The Balaban J connectivity index is 1.59. The molecule has 0 saturated heterocycles. The fourth-order valence-corrected chi connectivity index (χ4v) is 3.46. The molecule has 0 saturated carbocycles. The minimum Gasteiger partial charge on any atom is -0.493 e. The zero-order chi connectivity index (χ0) is 24.5. The van der Waals surface area contributed by atoms with Gasteiger partial charge in [0.05, 0.1) is 31.1 Å². The van der Waals surface area contributed by atoms with E-state index in [9.17, 15) is 0 Å². The third-order valence-corrected chi connectivity index (χ3v) is 5.44. The molecule has 0 radical (unpaired) electrons. The second-order valence-electron chi connectivity index (χ2n) is 8.17. The van der Waals surface area contributed by atoms with Crippen molar-refractivity contribution in [3.05, 3.63) is 95.7 Å². The van der Waals surface area contributed by atoms with Crippen molar-refractivity contribution in [3.63, 3.8) is 0 Å². The molecular weight excluding hydrogens is 436 g/mol. The first kappa shape index (κ1) is 24.0. The SMILES string of the molecule is CCCCOc1ccc(C=NNC(=Nc2ccc(C)cc2)c2ccc3ccccc3n2)cc1OC. The van der Waals surface area contributed by atoms with Crippen LogP contribution in [0.15, 0.2) is 89.0 Å². The summed E-state index contributed by atoms with van der Waals surface area (Å²) in [7, 11) is 1.64. The molecule has 0 fully saturated rings. The van der Waals surface area contributed by atoms with Gasteiger partial charge < -0.3 is 9.47 Å². The monoisotopic (exact) mass is 466 g/mol. The number of hydrogen-bond acceptors (Lipinski definition) is 5. The van der Waals surface area contributed by atoms with Gasteiger partial charge in [-0.05, 0) is 61.4 Å². The molecule has 6 nitrogen and oxygen atoms in total. The molecule has 0 aliphatic carbocycles. The summed E-state index contributed by atoms with van der Waals surface area (Å²) < 4.78 is 11.3. The summed E-state index contributed by atoms with van der Waals surface area (Å²) >= 11 is 0. The Hall–Kier alpha value is -4.19. The van der Waals surface area contributed by atoms with Crippen molar-refractivity contribution >= 4 is 28.6 Å².